The zero-order valence-electron chi connectivity index (χ0n) is 11.8. The van der Waals surface area contributed by atoms with E-state index in [1.807, 2.05) is 37.3 Å². The molecule has 0 unspecified atom stereocenters. The molecule has 0 atom stereocenters. The van der Waals surface area contributed by atoms with Crippen LogP contribution < -0.4 is 16.2 Å². The zero-order valence-corrected chi connectivity index (χ0v) is 12.7. The van der Waals surface area contributed by atoms with Gasteiger partial charge in [0.15, 0.2) is 0 Å². The van der Waals surface area contributed by atoms with E-state index in [9.17, 15) is 4.79 Å². The maximum Gasteiger partial charge on any atom is 0.248 e. The Labute approximate surface area is 128 Å². The van der Waals surface area contributed by atoms with Crippen LogP contribution in [0.5, 0.6) is 5.75 Å². The topological polar surface area (TPSA) is 78.3 Å². The Morgan fingerprint density at radius 1 is 1.19 bits per heavy atom. The summed E-state index contributed by atoms with van der Waals surface area (Å²) in [6.45, 7) is 2.58. The van der Waals surface area contributed by atoms with Gasteiger partial charge < -0.3 is 16.2 Å². The Kier molecular flexibility index (Phi) is 5.11. The SMILES string of the molecule is CCOc1ccc(N)c(SCc2ccc(C(N)=O)cc2)c1. The highest BCUT2D eigenvalue weighted by atomic mass is 32.2. The summed E-state index contributed by atoms with van der Waals surface area (Å²) in [5.41, 5.74) is 13.5. The Morgan fingerprint density at radius 3 is 2.52 bits per heavy atom. The third-order valence-electron chi connectivity index (χ3n) is 2.93. The summed E-state index contributed by atoms with van der Waals surface area (Å²) in [5, 5.41) is 0. The highest BCUT2D eigenvalue weighted by Crippen LogP contribution is 2.31. The lowest BCUT2D eigenvalue weighted by molar-refractivity contribution is 0.100. The van der Waals surface area contributed by atoms with Crippen molar-refractivity contribution in [3.63, 3.8) is 0 Å². The molecule has 0 aliphatic heterocycles. The lowest BCUT2D eigenvalue weighted by Gasteiger charge is -2.09. The molecule has 0 fully saturated rings. The maximum atomic E-state index is 11.0. The first-order valence-corrected chi connectivity index (χ1v) is 7.62. The molecule has 2 aromatic carbocycles. The van der Waals surface area contributed by atoms with E-state index in [-0.39, 0.29) is 0 Å². The highest BCUT2D eigenvalue weighted by Gasteiger charge is 2.05. The van der Waals surface area contributed by atoms with Gasteiger partial charge in [-0.15, -0.1) is 11.8 Å². The lowest BCUT2D eigenvalue weighted by Crippen LogP contribution is -2.10. The molecule has 0 heterocycles. The Hall–Kier alpha value is -2.14. The summed E-state index contributed by atoms with van der Waals surface area (Å²) >= 11 is 1.63. The first-order chi connectivity index (χ1) is 10.1. The summed E-state index contributed by atoms with van der Waals surface area (Å²) in [6, 6.07) is 12.9. The minimum absolute atomic E-state index is 0.414. The standard InChI is InChI=1S/C16H18N2O2S/c1-2-20-13-7-8-14(17)15(9-13)21-10-11-3-5-12(6-4-11)16(18)19/h3-9H,2,10,17H2,1H3,(H2,18,19). The van der Waals surface area contributed by atoms with Crippen molar-refractivity contribution >= 4 is 23.4 Å². The van der Waals surface area contributed by atoms with E-state index < -0.39 is 5.91 Å². The second-order valence-electron chi connectivity index (χ2n) is 4.48. The Morgan fingerprint density at radius 2 is 1.90 bits per heavy atom. The van der Waals surface area contributed by atoms with E-state index in [4.69, 9.17) is 16.2 Å². The second-order valence-corrected chi connectivity index (χ2v) is 5.50. The number of carbonyl (C=O) groups excluding carboxylic acids is 1. The third-order valence-corrected chi connectivity index (χ3v) is 4.07. The molecular formula is C16H18N2O2S. The summed E-state index contributed by atoms with van der Waals surface area (Å²) in [4.78, 5) is 12.0. The number of primary amides is 1. The predicted octanol–water partition coefficient (Wildman–Crippen LogP) is 3.06. The van der Waals surface area contributed by atoms with Crippen molar-refractivity contribution in [2.24, 2.45) is 5.73 Å². The first-order valence-electron chi connectivity index (χ1n) is 6.64. The quantitative estimate of drug-likeness (QED) is 0.635. The van der Waals surface area contributed by atoms with Crippen LogP contribution in [0.2, 0.25) is 0 Å². The van der Waals surface area contributed by atoms with Crippen molar-refractivity contribution in [2.45, 2.75) is 17.6 Å². The van der Waals surface area contributed by atoms with Crippen molar-refractivity contribution in [2.75, 3.05) is 12.3 Å². The molecule has 0 saturated heterocycles. The highest BCUT2D eigenvalue weighted by molar-refractivity contribution is 7.98. The van der Waals surface area contributed by atoms with Gasteiger partial charge in [0.05, 0.1) is 6.61 Å². The molecule has 0 aliphatic carbocycles. The maximum absolute atomic E-state index is 11.0. The molecule has 0 radical (unpaired) electrons. The number of amides is 1. The molecular weight excluding hydrogens is 284 g/mol. The van der Waals surface area contributed by atoms with Crippen LogP contribution in [0.4, 0.5) is 5.69 Å². The minimum Gasteiger partial charge on any atom is -0.494 e. The van der Waals surface area contributed by atoms with E-state index in [0.29, 0.717) is 12.2 Å². The fraction of sp³-hybridized carbons (Fsp3) is 0.188. The zero-order chi connectivity index (χ0) is 15.2. The number of nitrogens with two attached hydrogens (primary N) is 2. The van der Waals surface area contributed by atoms with E-state index in [1.54, 1.807) is 23.9 Å². The van der Waals surface area contributed by atoms with Gasteiger partial charge in [-0.25, -0.2) is 0 Å². The van der Waals surface area contributed by atoms with Gasteiger partial charge in [0.2, 0.25) is 5.91 Å². The molecule has 0 bridgehead atoms. The number of hydrogen-bond acceptors (Lipinski definition) is 4. The first kappa shape index (κ1) is 15.3. The second kappa shape index (κ2) is 7.04. The average molecular weight is 302 g/mol. The Balaban J connectivity index is 2.05. The van der Waals surface area contributed by atoms with Gasteiger partial charge in [-0.05, 0) is 42.8 Å². The molecule has 21 heavy (non-hydrogen) atoms. The number of hydrogen-bond donors (Lipinski definition) is 2. The molecule has 0 aromatic heterocycles. The molecule has 5 heteroatoms. The minimum atomic E-state index is -0.414. The van der Waals surface area contributed by atoms with Crippen molar-refractivity contribution in [3.05, 3.63) is 53.6 Å². The largest absolute Gasteiger partial charge is 0.494 e. The summed E-state index contributed by atoms with van der Waals surface area (Å²) in [6.07, 6.45) is 0. The van der Waals surface area contributed by atoms with Crippen LogP contribution in [0.1, 0.15) is 22.8 Å². The predicted molar refractivity (Wildman–Crippen MR) is 86.5 cm³/mol. The molecule has 2 aromatic rings. The van der Waals surface area contributed by atoms with E-state index in [0.717, 1.165) is 27.6 Å². The van der Waals surface area contributed by atoms with Crippen LogP contribution in [-0.2, 0) is 5.75 Å². The molecule has 110 valence electrons. The summed E-state index contributed by atoms with van der Waals surface area (Å²) in [5.74, 6) is 1.17. The van der Waals surface area contributed by atoms with Gasteiger partial charge in [0.1, 0.15) is 5.75 Å². The fourth-order valence-corrected chi connectivity index (χ4v) is 2.77. The molecule has 4 nitrogen and oxygen atoms in total. The van der Waals surface area contributed by atoms with Gasteiger partial charge in [-0.3, -0.25) is 4.79 Å². The van der Waals surface area contributed by atoms with E-state index >= 15 is 0 Å². The molecule has 1 amide bonds. The van der Waals surface area contributed by atoms with E-state index in [2.05, 4.69) is 0 Å². The molecule has 0 spiro atoms. The van der Waals surface area contributed by atoms with Crippen molar-refractivity contribution in [1.29, 1.82) is 0 Å². The van der Waals surface area contributed by atoms with Crippen molar-refractivity contribution in [3.8, 4) is 5.75 Å². The van der Waals surface area contributed by atoms with Gasteiger partial charge >= 0.3 is 0 Å². The number of rotatable bonds is 6. The number of thioether (sulfide) groups is 1. The van der Waals surface area contributed by atoms with Crippen LogP contribution in [0.15, 0.2) is 47.4 Å². The lowest BCUT2D eigenvalue weighted by atomic mass is 10.1. The van der Waals surface area contributed by atoms with Gasteiger partial charge in [-0.1, -0.05) is 12.1 Å². The monoisotopic (exact) mass is 302 g/mol. The summed E-state index contributed by atoms with van der Waals surface area (Å²) in [7, 11) is 0. The van der Waals surface area contributed by atoms with Gasteiger partial charge in [-0.2, -0.15) is 0 Å². The van der Waals surface area contributed by atoms with Crippen LogP contribution in [-0.4, -0.2) is 12.5 Å². The van der Waals surface area contributed by atoms with Crippen LogP contribution in [0.25, 0.3) is 0 Å². The number of benzene rings is 2. The van der Waals surface area contributed by atoms with Crippen molar-refractivity contribution in [1.82, 2.24) is 0 Å². The molecule has 2 rings (SSSR count). The molecule has 4 N–H and O–H groups in total. The van der Waals surface area contributed by atoms with Gasteiger partial charge in [0, 0.05) is 21.9 Å². The third kappa shape index (κ3) is 4.16. The van der Waals surface area contributed by atoms with Crippen LogP contribution in [0.3, 0.4) is 0 Å². The van der Waals surface area contributed by atoms with E-state index in [1.165, 1.54) is 0 Å². The number of nitrogen functional groups attached to an aromatic ring is 1. The molecule has 0 saturated carbocycles. The molecule has 0 aliphatic rings. The fourth-order valence-electron chi connectivity index (χ4n) is 1.82. The number of ether oxygens (including phenoxy) is 1. The van der Waals surface area contributed by atoms with Crippen LogP contribution >= 0.6 is 11.8 Å². The number of carbonyl (C=O) groups is 1. The van der Waals surface area contributed by atoms with Gasteiger partial charge in [0.25, 0.3) is 0 Å². The normalized spacial score (nSPS) is 10.3. The van der Waals surface area contributed by atoms with Crippen LogP contribution in [0, 0.1) is 0 Å². The Bertz CT molecular complexity index is 627. The number of anilines is 1. The van der Waals surface area contributed by atoms with Crippen molar-refractivity contribution < 1.29 is 9.53 Å². The summed E-state index contributed by atoms with van der Waals surface area (Å²) < 4.78 is 5.48. The smallest absolute Gasteiger partial charge is 0.248 e. The average Bonchev–Trinajstić information content (AvgIpc) is 2.48.